The van der Waals surface area contributed by atoms with E-state index in [1.54, 1.807) is 12.1 Å². The predicted octanol–water partition coefficient (Wildman–Crippen LogP) is 4.71. The summed E-state index contributed by atoms with van der Waals surface area (Å²) in [7, 11) is 0. The Morgan fingerprint density at radius 1 is 1.20 bits per heavy atom. The standard InChI is InChI=1S/C17H23Cl2N3O2S/c1-10(2)22-16(14-6-5-12(18)7-15(14)19)20-21-17(22)25-9-13(23)8-24-11(3)4/h5-7,10-11,13,23H,8-9H2,1-4H3. The van der Waals surface area contributed by atoms with Gasteiger partial charge in [0.05, 0.1) is 23.8 Å². The average molecular weight is 404 g/mol. The zero-order chi connectivity index (χ0) is 18.6. The number of ether oxygens (including phenoxy) is 1. The predicted molar refractivity (Wildman–Crippen MR) is 104 cm³/mol. The summed E-state index contributed by atoms with van der Waals surface area (Å²) in [5.41, 5.74) is 0.780. The van der Waals surface area contributed by atoms with Crippen LogP contribution in [0.2, 0.25) is 10.0 Å². The van der Waals surface area contributed by atoms with Crippen LogP contribution in [0.3, 0.4) is 0 Å². The van der Waals surface area contributed by atoms with Crippen molar-refractivity contribution in [3.8, 4) is 11.4 Å². The molecule has 2 aromatic rings. The van der Waals surface area contributed by atoms with Crippen LogP contribution in [0, 0.1) is 0 Å². The molecule has 5 nitrogen and oxygen atoms in total. The van der Waals surface area contributed by atoms with Gasteiger partial charge in [0.15, 0.2) is 11.0 Å². The molecule has 1 N–H and O–H groups in total. The van der Waals surface area contributed by atoms with Gasteiger partial charge in [0.25, 0.3) is 0 Å². The van der Waals surface area contributed by atoms with E-state index in [1.165, 1.54) is 11.8 Å². The summed E-state index contributed by atoms with van der Waals surface area (Å²) in [4.78, 5) is 0. The van der Waals surface area contributed by atoms with E-state index in [1.807, 2.05) is 24.5 Å². The van der Waals surface area contributed by atoms with Gasteiger partial charge in [-0.15, -0.1) is 10.2 Å². The fourth-order valence-electron chi connectivity index (χ4n) is 2.22. The lowest BCUT2D eigenvalue weighted by Gasteiger charge is -2.16. The van der Waals surface area contributed by atoms with Gasteiger partial charge in [-0.05, 0) is 45.9 Å². The summed E-state index contributed by atoms with van der Waals surface area (Å²) in [6.07, 6.45) is -0.468. The lowest BCUT2D eigenvalue weighted by Crippen LogP contribution is -2.21. The Kier molecular flexibility index (Phi) is 7.58. The SMILES string of the molecule is CC(C)OCC(O)CSc1nnc(-c2ccc(Cl)cc2Cl)n1C(C)C. The molecule has 1 unspecified atom stereocenters. The van der Waals surface area contributed by atoms with E-state index in [0.717, 1.165) is 10.7 Å². The molecule has 0 aliphatic heterocycles. The van der Waals surface area contributed by atoms with Crippen LogP contribution < -0.4 is 0 Å². The maximum Gasteiger partial charge on any atom is 0.191 e. The second-order valence-electron chi connectivity index (χ2n) is 6.24. The van der Waals surface area contributed by atoms with Gasteiger partial charge in [-0.2, -0.15) is 0 Å². The number of halogens is 2. The molecule has 1 aromatic carbocycles. The normalized spacial score (nSPS) is 13.0. The summed E-state index contributed by atoms with van der Waals surface area (Å²) in [5, 5.41) is 20.5. The number of hydrogen-bond donors (Lipinski definition) is 1. The van der Waals surface area contributed by atoms with Crippen molar-refractivity contribution in [1.82, 2.24) is 14.8 Å². The Balaban J connectivity index is 2.19. The maximum atomic E-state index is 10.0. The lowest BCUT2D eigenvalue weighted by atomic mass is 10.2. The van der Waals surface area contributed by atoms with E-state index in [0.29, 0.717) is 28.2 Å². The summed E-state index contributed by atoms with van der Waals surface area (Å²) in [6, 6.07) is 5.45. The molecule has 0 saturated heterocycles. The second-order valence-corrected chi connectivity index (χ2v) is 8.07. The van der Waals surface area contributed by atoms with Crippen molar-refractivity contribution in [1.29, 1.82) is 0 Å². The first-order valence-electron chi connectivity index (χ1n) is 8.12. The molecule has 0 saturated carbocycles. The van der Waals surface area contributed by atoms with Crippen molar-refractivity contribution < 1.29 is 9.84 Å². The summed E-state index contributed by atoms with van der Waals surface area (Å²) < 4.78 is 7.44. The number of nitrogens with zero attached hydrogens (tertiary/aromatic N) is 3. The van der Waals surface area contributed by atoms with Crippen LogP contribution in [-0.4, -0.2) is 44.4 Å². The van der Waals surface area contributed by atoms with E-state index < -0.39 is 6.10 Å². The molecule has 1 aromatic heterocycles. The van der Waals surface area contributed by atoms with Gasteiger partial charge in [0.1, 0.15) is 0 Å². The monoisotopic (exact) mass is 403 g/mol. The third-order valence-electron chi connectivity index (χ3n) is 3.38. The third-order valence-corrected chi connectivity index (χ3v) is 5.02. The maximum absolute atomic E-state index is 10.0. The molecular formula is C17H23Cl2N3O2S. The Morgan fingerprint density at radius 2 is 1.92 bits per heavy atom. The fraction of sp³-hybridized carbons (Fsp3) is 0.529. The Morgan fingerprint density at radius 3 is 2.52 bits per heavy atom. The lowest BCUT2D eigenvalue weighted by molar-refractivity contribution is 0.0152. The van der Waals surface area contributed by atoms with Crippen molar-refractivity contribution in [2.24, 2.45) is 0 Å². The highest BCUT2D eigenvalue weighted by Crippen LogP contribution is 2.33. The van der Waals surface area contributed by atoms with E-state index >= 15 is 0 Å². The molecule has 138 valence electrons. The molecule has 0 amide bonds. The van der Waals surface area contributed by atoms with Gasteiger partial charge in [0, 0.05) is 22.4 Å². The van der Waals surface area contributed by atoms with Crippen LogP contribution in [-0.2, 0) is 4.74 Å². The average Bonchev–Trinajstić information content (AvgIpc) is 2.94. The summed E-state index contributed by atoms with van der Waals surface area (Å²) in [6.45, 7) is 8.29. The van der Waals surface area contributed by atoms with Gasteiger partial charge in [0.2, 0.25) is 0 Å². The van der Waals surface area contributed by atoms with Gasteiger partial charge >= 0.3 is 0 Å². The molecular weight excluding hydrogens is 381 g/mol. The number of benzene rings is 1. The van der Waals surface area contributed by atoms with Crippen LogP contribution in [0.5, 0.6) is 0 Å². The molecule has 2 rings (SSSR count). The largest absolute Gasteiger partial charge is 0.390 e. The molecule has 0 aliphatic rings. The van der Waals surface area contributed by atoms with Gasteiger partial charge in [-0.3, -0.25) is 4.57 Å². The van der Waals surface area contributed by atoms with Crippen LogP contribution in [0.4, 0.5) is 0 Å². The van der Waals surface area contributed by atoms with Crippen molar-refractivity contribution in [2.75, 3.05) is 12.4 Å². The molecule has 0 bridgehead atoms. The minimum Gasteiger partial charge on any atom is -0.390 e. The minimum atomic E-state index is -0.563. The van der Waals surface area contributed by atoms with Crippen molar-refractivity contribution >= 4 is 35.0 Å². The highest BCUT2D eigenvalue weighted by Gasteiger charge is 2.20. The first kappa shape index (κ1) is 20.5. The number of hydrogen-bond acceptors (Lipinski definition) is 5. The Labute approximate surface area is 162 Å². The van der Waals surface area contributed by atoms with Crippen molar-refractivity contribution in [2.45, 2.75) is 51.1 Å². The second kappa shape index (κ2) is 9.24. The van der Waals surface area contributed by atoms with Crippen LogP contribution in [0.1, 0.15) is 33.7 Å². The first-order chi connectivity index (χ1) is 11.8. The van der Waals surface area contributed by atoms with Crippen molar-refractivity contribution in [3.63, 3.8) is 0 Å². The Hall–Kier alpha value is -0.790. The third kappa shape index (κ3) is 5.59. The van der Waals surface area contributed by atoms with Crippen LogP contribution in [0.25, 0.3) is 11.4 Å². The van der Waals surface area contributed by atoms with Gasteiger partial charge in [-0.25, -0.2) is 0 Å². The molecule has 0 spiro atoms. The number of rotatable bonds is 8. The molecule has 0 fully saturated rings. The van der Waals surface area contributed by atoms with Crippen molar-refractivity contribution in [3.05, 3.63) is 28.2 Å². The van der Waals surface area contributed by atoms with Crippen LogP contribution >= 0.6 is 35.0 Å². The van der Waals surface area contributed by atoms with Gasteiger partial charge < -0.3 is 9.84 Å². The van der Waals surface area contributed by atoms with E-state index in [4.69, 9.17) is 27.9 Å². The highest BCUT2D eigenvalue weighted by atomic mass is 35.5. The molecule has 0 radical (unpaired) electrons. The Bertz CT molecular complexity index is 707. The number of aliphatic hydroxyl groups excluding tert-OH is 1. The quantitative estimate of drug-likeness (QED) is 0.646. The van der Waals surface area contributed by atoms with Gasteiger partial charge in [-0.1, -0.05) is 35.0 Å². The van der Waals surface area contributed by atoms with E-state index in [2.05, 4.69) is 24.0 Å². The highest BCUT2D eigenvalue weighted by molar-refractivity contribution is 7.99. The first-order valence-corrected chi connectivity index (χ1v) is 9.86. The number of aliphatic hydroxyl groups is 1. The zero-order valence-corrected chi connectivity index (χ0v) is 17.1. The topological polar surface area (TPSA) is 60.2 Å². The van der Waals surface area contributed by atoms with E-state index in [-0.39, 0.29) is 12.1 Å². The molecule has 8 heteroatoms. The smallest absolute Gasteiger partial charge is 0.191 e. The molecule has 25 heavy (non-hydrogen) atoms. The molecule has 1 heterocycles. The zero-order valence-electron chi connectivity index (χ0n) is 14.7. The summed E-state index contributed by atoms with van der Waals surface area (Å²) in [5.74, 6) is 1.17. The molecule has 0 aliphatic carbocycles. The minimum absolute atomic E-state index is 0.0950. The van der Waals surface area contributed by atoms with E-state index in [9.17, 15) is 5.11 Å². The summed E-state index contributed by atoms with van der Waals surface area (Å²) >= 11 is 13.7. The molecule has 1 atom stereocenters. The fourth-order valence-corrected chi connectivity index (χ4v) is 3.68. The number of aromatic nitrogens is 3. The van der Waals surface area contributed by atoms with Crippen LogP contribution in [0.15, 0.2) is 23.4 Å². The number of thioether (sulfide) groups is 1.